The fourth-order valence-electron chi connectivity index (χ4n) is 3.30. The highest BCUT2D eigenvalue weighted by Gasteiger charge is 2.12. The zero-order valence-electron chi connectivity index (χ0n) is 17.6. The molecule has 0 aliphatic heterocycles. The molecule has 0 bridgehead atoms. The monoisotopic (exact) mass is 473 g/mol. The van der Waals surface area contributed by atoms with Crippen LogP contribution in [0, 0.1) is 0 Å². The first-order chi connectivity index (χ1) is 16.2. The molecule has 5 aromatic rings. The van der Waals surface area contributed by atoms with E-state index in [0.717, 1.165) is 54.8 Å². The summed E-state index contributed by atoms with van der Waals surface area (Å²) >= 11 is 3.07. The summed E-state index contributed by atoms with van der Waals surface area (Å²) in [6.07, 6.45) is 2.43. The van der Waals surface area contributed by atoms with Crippen LogP contribution in [-0.2, 0) is 6.61 Å². The van der Waals surface area contributed by atoms with Crippen molar-refractivity contribution in [3.63, 3.8) is 0 Å². The van der Waals surface area contributed by atoms with E-state index >= 15 is 0 Å². The highest BCUT2D eigenvalue weighted by Crippen LogP contribution is 2.39. The molecule has 164 valence electrons. The van der Waals surface area contributed by atoms with Crippen LogP contribution in [0.4, 0.5) is 11.5 Å². The van der Waals surface area contributed by atoms with Gasteiger partial charge in [-0.25, -0.2) is 9.97 Å². The predicted molar refractivity (Wildman–Crippen MR) is 133 cm³/mol. The average molecular weight is 474 g/mol. The van der Waals surface area contributed by atoms with Crippen LogP contribution in [0.3, 0.4) is 0 Å². The number of rotatable bonds is 8. The lowest BCUT2D eigenvalue weighted by atomic mass is 10.2. The SMILES string of the molecule is COc1ccc(COc2cccc(Nc3ncnc4cc(-c5ccc(C=O)s5)sc34)c2)cc1. The third-order valence-electron chi connectivity index (χ3n) is 4.96. The molecule has 8 heteroatoms. The highest BCUT2D eigenvalue weighted by atomic mass is 32.1. The van der Waals surface area contributed by atoms with E-state index in [2.05, 4.69) is 15.3 Å². The van der Waals surface area contributed by atoms with Gasteiger partial charge in [0.1, 0.15) is 24.4 Å². The molecular formula is C25H19N3O3S2. The summed E-state index contributed by atoms with van der Waals surface area (Å²) < 4.78 is 12.1. The Morgan fingerprint density at radius 3 is 2.61 bits per heavy atom. The van der Waals surface area contributed by atoms with E-state index in [0.29, 0.717) is 11.5 Å². The van der Waals surface area contributed by atoms with Gasteiger partial charge in [0.15, 0.2) is 12.1 Å². The van der Waals surface area contributed by atoms with Crippen LogP contribution in [-0.4, -0.2) is 23.4 Å². The number of nitrogens with one attached hydrogen (secondary N) is 1. The van der Waals surface area contributed by atoms with E-state index in [1.807, 2.05) is 66.7 Å². The molecule has 3 heterocycles. The zero-order chi connectivity index (χ0) is 22.6. The predicted octanol–water partition coefficient (Wildman–Crippen LogP) is 6.56. The van der Waals surface area contributed by atoms with Crippen molar-refractivity contribution < 1.29 is 14.3 Å². The number of nitrogens with zero attached hydrogens (tertiary/aromatic N) is 2. The van der Waals surface area contributed by atoms with Crippen LogP contribution < -0.4 is 14.8 Å². The van der Waals surface area contributed by atoms with Gasteiger partial charge in [-0.2, -0.15) is 0 Å². The van der Waals surface area contributed by atoms with Gasteiger partial charge in [-0.05, 0) is 48.0 Å². The number of hydrogen-bond donors (Lipinski definition) is 1. The lowest BCUT2D eigenvalue weighted by Crippen LogP contribution is -1.97. The van der Waals surface area contributed by atoms with Crippen molar-refractivity contribution in [3.05, 3.63) is 83.5 Å². The molecule has 0 unspecified atom stereocenters. The number of benzene rings is 2. The molecule has 0 spiro atoms. The number of carbonyl (C=O) groups is 1. The lowest BCUT2D eigenvalue weighted by Gasteiger charge is -2.10. The van der Waals surface area contributed by atoms with Crippen LogP contribution in [0.25, 0.3) is 20.0 Å². The van der Waals surface area contributed by atoms with Gasteiger partial charge in [-0.1, -0.05) is 18.2 Å². The molecule has 0 radical (unpaired) electrons. The Morgan fingerprint density at radius 1 is 0.939 bits per heavy atom. The smallest absolute Gasteiger partial charge is 0.160 e. The minimum Gasteiger partial charge on any atom is -0.497 e. The van der Waals surface area contributed by atoms with Crippen LogP contribution >= 0.6 is 22.7 Å². The van der Waals surface area contributed by atoms with Crippen molar-refractivity contribution in [2.24, 2.45) is 0 Å². The number of hydrogen-bond acceptors (Lipinski definition) is 8. The first-order valence-corrected chi connectivity index (χ1v) is 11.8. The number of methoxy groups -OCH3 is 1. The molecule has 0 fully saturated rings. The second-order valence-electron chi connectivity index (χ2n) is 7.16. The van der Waals surface area contributed by atoms with Crippen LogP contribution in [0.5, 0.6) is 11.5 Å². The summed E-state index contributed by atoms with van der Waals surface area (Å²) in [7, 11) is 1.65. The molecule has 5 rings (SSSR count). The summed E-state index contributed by atoms with van der Waals surface area (Å²) in [4.78, 5) is 22.7. The highest BCUT2D eigenvalue weighted by molar-refractivity contribution is 7.26. The number of aldehydes is 1. The minimum absolute atomic E-state index is 0.461. The zero-order valence-corrected chi connectivity index (χ0v) is 19.3. The maximum atomic E-state index is 11.0. The number of carbonyl (C=O) groups excluding carboxylic acids is 1. The number of fused-ring (bicyclic) bond motifs is 1. The third kappa shape index (κ3) is 4.72. The molecule has 0 atom stereocenters. The van der Waals surface area contributed by atoms with Gasteiger partial charge < -0.3 is 14.8 Å². The summed E-state index contributed by atoms with van der Waals surface area (Å²) in [5, 5.41) is 3.39. The molecule has 0 amide bonds. The first-order valence-electron chi connectivity index (χ1n) is 10.1. The second-order valence-corrected chi connectivity index (χ2v) is 9.32. The quantitative estimate of drug-likeness (QED) is 0.257. The van der Waals surface area contributed by atoms with Gasteiger partial charge in [0, 0.05) is 21.5 Å². The molecule has 2 aromatic carbocycles. The Bertz CT molecular complexity index is 1410. The van der Waals surface area contributed by atoms with Gasteiger partial charge in [0.25, 0.3) is 0 Å². The molecule has 0 saturated heterocycles. The molecule has 0 aliphatic rings. The normalized spacial score (nSPS) is 10.8. The number of aromatic nitrogens is 2. The van der Waals surface area contributed by atoms with Gasteiger partial charge >= 0.3 is 0 Å². The standard InChI is InChI=1S/C25H19N3O3S2/c1-30-18-7-5-16(6-8-18)14-31-19-4-2-3-17(11-19)28-25-24-21(26-15-27-25)12-23(33-24)22-10-9-20(13-29)32-22/h2-13,15H,14H2,1H3,(H,26,27,28). The lowest BCUT2D eigenvalue weighted by molar-refractivity contribution is 0.112. The molecule has 1 N–H and O–H groups in total. The van der Waals surface area contributed by atoms with Crippen LogP contribution in [0.2, 0.25) is 0 Å². The Kier molecular flexibility index (Phi) is 6.01. The molecular weight excluding hydrogens is 454 g/mol. The fourth-order valence-corrected chi connectivity index (χ4v) is 5.26. The largest absolute Gasteiger partial charge is 0.497 e. The van der Waals surface area contributed by atoms with Gasteiger partial charge in [-0.3, -0.25) is 4.79 Å². The van der Waals surface area contributed by atoms with E-state index < -0.39 is 0 Å². The van der Waals surface area contributed by atoms with Gasteiger partial charge in [-0.15, -0.1) is 22.7 Å². The van der Waals surface area contributed by atoms with Crippen molar-refractivity contribution in [1.29, 1.82) is 0 Å². The van der Waals surface area contributed by atoms with Gasteiger partial charge in [0.05, 0.1) is 22.2 Å². The fraction of sp³-hybridized carbons (Fsp3) is 0.0800. The van der Waals surface area contributed by atoms with E-state index in [1.54, 1.807) is 24.8 Å². The topological polar surface area (TPSA) is 73.3 Å². The second kappa shape index (κ2) is 9.40. The van der Waals surface area contributed by atoms with E-state index in [4.69, 9.17) is 9.47 Å². The van der Waals surface area contributed by atoms with Crippen molar-refractivity contribution in [2.45, 2.75) is 6.61 Å². The van der Waals surface area contributed by atoms with Gasteiger partial charge in [0.2, 0.25) is 0 Å². The van der Waals surface area contributed by atoms with Crippen LogP contribution in [0.15, 0.2) is 73.1 Å². The molecule has 6 nitrogen and oxygen atoms in total. The average Bonchev–Trinajstić information content (AvgIpc) is 3.51. The maximum absolute atomic E-state index is 11.0. The molecule has 33 heavy (non-hydrogen) atoms. The molecule has 3 aromatic heterocycles. The van der Waals surface area contributed by atoms with E-state index in [1.165, 1.54) is 11.3 Å². The van der Waals surface area contributed by atoms with Crippen molar-refractivity contribution >= 4 is 50.7 Å². The summed E-state index contributed by atoms with van der Waals surface area (Å²) in [5.41, 5.74) is 2.79. The minimum atomic E-state index is 0.461. The Morgan fingerprint density at radius 2 is 1.82 bits per heavy atom. The summed E-state index contributed by atoms with van der Waals surface area (Å²) in [6.45, 7) is 0.461. The third-order valence-corrected chi connectivity index (χ3v) is 7.30. The molecule has 0 aliphatic carbocycles. The first kappa shape index (κ1) is 21.1. The number of anilines is 2. The Balaban J connectivity index is 1.34. The van der Waals surface area contributed by atoms with Crippen molar-refractivity contribution in [2.75, 3.05) is 12.4 Å². The summed E-state index contributed by atoms with van der Waals surface area (Å²) in [5.74, 6) is 2.31. The Labute approximate surface area is 198 Å². The Hall–Kier alpha value is -3.75. The maximum Gasteiger partial charge on any atom is 0.160 e. The van der Waals surface area contributed by atoms with Crippen molar-refractivity contribution in [1.82, 2.24) is 9.97 Å². The number of thiophene rings is 2. The molecule has 0 saturated carbocycles. The summed E-state index contributed by atoms with van der Waals surface area (Å²) in [6, 6.07) is 21.4. The van der Waals surface area contributed by atoms with Crippen molar-refractivity contribution in [3.8, 4) is 21.3 Å². The van der Waals surface area contributed by atoms with Crippen LogP contribution in [0.1, 0.15) is 15.2 Å². The number of ether oxygens (including phenoxy) is 2. The van der Waals surface area contributed by atoms with E-state index in [9.17, 15) is 4.79 Å². The van der Waals surface area contributed by atoms with E-state index in [-0.39, 0.29) is 0 Å².